The van der Waals surface area contributed by atoms with Crippen molar-refractivity contribution >= 4 is 5.97 Å². The van der Waals surface area contributed by atoms with E-state index < -0.39 is 11.4 Å². The van der Waals surface area contributed by atoms with E-state index in [4.69, 9.17) is 9.47 Å². The van der Waals surface area contributed by atoms with Crippen LogP contribution in [0.2, 0.25) is 0 Å². The van der Waals surface area contributed by atoms with Gasteiger partial charge in [-0.1, -0.05) is 6.92 Å². The summed E-state index contributed by atoms with van der Waals surface area (Å²) in [7, 11) is 0. The molecule has 4 fully saturated rings. The summed E-state index contributed by atoms with van der Waals surface area (Å²) in [6.07, 6.45) is 6.46. The number of aliphatic carboxylic acids is 1. The fourth-order valence-corrected chi connectivity index (χ4v) is 4.73. The van der Waals surface area contributed by atoms with Gasteiger partial charge in [0.1, 0.15) is 0 Å². The molecule has 2 saturated heterocycles. The van der Waals surface area contributed by atoms with E-state index in [0.29, 0.717) is 30.1 Å². The lowest BCUT2D eigenvalue weighted by molar-refractivity contribution is -0.154. The number of hydrogen-bond donors (Lipinski definition) is 1. The maximum atomic E-state index is 11.8. The lowest BCUT2D eigenvalue weighted by Gasteiger charge is -2.39. The number of carboxylic acid groups (broad SMARTS) is 1. The van der Waals surface area contributed by atoms with Crippen LogP contribution in [0, 0.1) is 23.2 Å². The first kappa shape index (κ1) is 13.1. The molecule has 0 amide bonds. The molecule has 0 aromatic heterocycles. The van der Waals surface area contributed by atoms with Gasteiger partial charge in [-0.2, -0.15) is 0 Å². The van der Waals surface area contributed by atoms with Gasteiger partial charge in [0, 0.05) is 5.92 Å². The minimum absolute atomic E-state index is 0.182. The summed E-state index contributed by atoms with van der Waals surface area (Å²) in [4.78, 5) is 11.8. The molecule has 8 atom stereocenters. The fraction of sp³-hybridized carbons (Fsp3) is 0.938. The quantitative estimate of drug-likeness (QED) is 0.807. The summed E-state index contributed by atoms with van der Waals surface area (Å²) >= 11 is 0. The molecule has 0 spiro atoms. The first-order valence-corrected chi connectivity index (χ1v) is 8.03. The first-order valence-electron chi connectivity index (χ1n) is 8.03. The van der Waals surface area contributed by atoms with Crippen LogP contribution in [-0.4, -0.2) is 35.5 Å². The Labute approximate surface area is 119 Å². The monoisotopic (exact) mass is 280 g/mol. The minimum atomic E-state index is -0.638. The molecule has 2 aliphatic heterocycles. The van der Waals surface area contributed by atoms with E-state index in [9.17, 15) is 9.90 Å². The summed E-state index contributed by atoms with van der Waals surface area (Å²) in [5, 5.41) is 9.68. The van der Waals surface area contributed by atoms with Crippen molar-refractivity contribution in [3.05, 3.63) is 0 Å². The van der Waals surface area contributed by atoms with E-state index in [-0.39, 0.29) is 12.0 Å². The van der Waals surface area contributed by atoms with Crippen LogP contribution in [0.3, 0.4) is 0 Å². The van der Waals surface area contributed by atoms with E-state index in [1.165, 1.54) is 0 Å². The molecule has 4 aliphatic rings. The van der Waals surface area contributed by atoms with Crippen LogP contribution in [-0.2, 0) is 14.3 Å². The van der Waals surface area contributed by atoms with Crippen molar-refractivity contribution in [3.8, 4) is 0 Å². The zero-order valence-electron chi connectivity index (χ0n) is 12.2. The van der Waals surface area contributed by atoms with Gasteiger partial charge in [-0.15, -0.1) is 0 Å². The van der Waals surface area contributed by atoms with Crippen LogP contribution in [0.5, 0.6) is 0 Å². The van der Waals surface area contributed by atoms with Crippen molar-refractivity contribution in [2.45, 2.75) is 70.4 Å². The number of ether oxygens (including phenoxy) is 2. The second kappa shape index (κ2) is 4.20. The third kappa shape index (κ3) is 1.92. The van der Waals surface area contributed by atoms with Gasteiger partial charge in [0.2, 0.25) is 0 Å². The van der Waals surface area contributed by atoms with Gasteiger partial charge >= 0.3 is 5.97 Å². The van der Waals surface area contributed by atoms with Crippen LogP contribution < -0.4 is 0 Å². The molecule has 1 N–H and O–H groups in total. The first-order chi connectivity index (χ1) is 9.49. The largest absolute Gasteiger partial charge is 0.481 e. The predicted octanol–water partition coefficient (Wildman–Crippen LogP) is 2.46. The molecule has 112 valence electrons. The molecule has 20 heavy (non-hydrogen) atoms. The van der Waals surface area contributed by atoms with Crippen LogP contribution in [0.1, 0.15) is 46.0 Å². The van der Waals surface area contributed by atoms with Crippen molar-refractivity contribution in [2.24, 2.45) is 23.2 Å². The van der Waals surface area contributed by atoms with Crippen molar-refractivity contribution < 1.29 is 19.4 Å². The maximum absolute atomic E-state index is 11.8. The van der Waals surface area contributed by atoms with Gasteiger partial charge in [-0.25, -0.2) is 0 Å². The highest BCUT2D eigenvalue weighted by Gasteiger charge is 2.60. The van der Waals surface area contributed by atoms with Gasteiger partial charge in [0.05, 0.1) is 29.8 Å². The Balaban J connectivity index is 1.51. The fourth-order valence-electron chi connectivity index (χ4n) is 4.73. The van der Waals surface area contributed by atoms with Crippen LogP contribution in [0.15, 0.2) is 0 Å². The van der Waals surface area contributed by atoms with E-state index in [1.807, 2.05) is 6.92 Å². The highest BCUT2D eigenvalue weighted by atomic mass is 16.6. The summed E-state index contributed by atoms with van der Waals surface area (Å²) < 4.78 is 11.4. The third-order valence-corrected chi connectivity index (χ3v) is 6.46. The molecule has 0 radical (unpaired) electrons. The normalized spacial score (nSPS) is 56.6. The van der Waals surface area contributed by atoms with Crippen LogP contribution in [0.4, 0.5) is 0 Å². The molecule has 2 saturated carbocycles. The predicted molar refractivity (Wildman–Crippen MR) is 72.3 cm³/mol. The summed E-state index contributed by atoms with van der Waals surface area (Å²) in [6, 6.07) is 0. The zero-order valence-corrected chi connectivity index (χ0v) is 12.2. The average Bonchev–Trinajstić information content (AvgIpc) is 3.26. The number of fused-ring (bicyclic) bond motifs is 2. The molecule has 4 nitrogen and oxygen atoms in total. The molecule has 4 rings (SSSR count). The Kier molecular flexibility index (Phi) is 2.75. The third-order valence-electron chi connectivity index (χ3n) is 6.46. The van der Waals surface area contributed by atoms with Crippen LogP contribution >= 0.6 is 0 Å². The molecule has 2 heterocycles. The summed E-state index contributed by atoms with van der Waals surface area (Å²) in [5.74, 6) is 0.795. The highest BCUT2D eigenvalue weighted by molar-refractivity contribution is 5.75. The summed E-state index contributed by atoms with van der Waals surface area (Å²) in [6.45, 7) is 4.23. The molecule has 8 unspecified atom stereocenters. The smallest absolute Gasteiger partial charge is 0.309 e. The Morgan fingerprint density at radius 1 is 1.25 bits per heavy atom. The van der Waals surface area contributed by atoms with E-state index in [2.05, 4.69) is 6.92 Å². The Morgan fingerprint density at radius 2 is 2.00 bits per heavy atom. The number of epoxide rings is 2. The molecule has 0 aromatic carbocycles. The van der Waals surface area contributed by atoms with Crippen molar-refractivity contribution in [3.63, 3.8) is 0 Å². The van der Waals surface area contributed by atoms with E-state index in [0.717, 1.165) is 32.1 Å². The standard InChI is InChI=1S/C16H24O4/c1-8-5-12-13(19-12)7-9(8)6-10-14-11(20-14)3-4-16(10,2)15(17)18/h8-14H,3-7H2,1-2H3,(H,17,18). The lowest BCUT2D eigenvalue weighted by Crippen LogP contribution is -2.44. The topological polar surface area (TPSA) is 62.4 Å². The van der Waals surface area contributed by atoms with Gasteiger partial charge in [-0.3, -0.25) is 4.79 Å². The number of hydrogen-bond acceptors (Lipinski definition) is 3. The van der Waals surface area contributed by atoms with Gasteiger partial charge in [0.25, 0.3) is 0 Å². The molecule has 4 heteroatoms. The Bertz CT molecular complexity index is 436. The van der Waals surface area contributed by atoms with Crippen LogP contribution in [0.25, 0.3) is 0 Å². The minimum Gasteiger partial charge on any atom is -0.481 e. The average molecular weight is 280 g/mol. The Morgan fingerprint density at radius 3 is 2.75 bits per heavy atom. The van der Waals surface area contributed by atoms with E-state index >= 15 is 0 Å². The second-order valence-corrected chi connectivity index (χ2v) is 7.66. The second-order valence-electron chi connectivity index (χ2n) is 7.66. The van der Waals surface area contributed by atoms with Crippen molar-refractivity contribution in [1.29, 1.82) is 0 Å². The number of carbonyl (C=O) groups is 1. The van der Waals surface area contributed by atoms with Gasteiger partial charge in [-0.05, 0) is 50.9 Å². The lowest BCUT2D eigenvalue weighted by atomic mass is 9.62. The molecular formula is C16H24O4. The van der Waals surface area contributed by atoms with Gasteiger partial charge in [0.15, 0.2) is 0 Å². The van der Waals surface area contributed by atoms with Crippen molar-refractivity contribution in [2.75, 3.05) is 0 Å². The SMILES string of the molecule is CC1CC2OC2CC1CC1C2OC2CCC1(C)C(=O)O. The molecular weight excluding hydrogens is 256 g/mol. The maximum Gasteiger partial charge on any atom is 0.309 e. The molecule has 2 aliphatic carbocycles. The van der Waals surface area contributed by atoms with Gasteiger partial charge < -0.3 is 14.6 Å². The molecule has 0 bridgehead atoms. The summed E-state index contributed by atoms with van der Waals surface area (Å²) in [5.41, 5.74) is -0.599. The Hall–Kier alpha value is -0.610. The van der Waals surface area contributed by atoms with Crippen molar-refractivity contribution in [1.82, 2.24) is 0 Å². The highest BCUT2D eigenvalue weighted by Crippen LogP contribution is 2.55. The number of carboxylic acids is 1. The van der Waals surface area contributed by atoms with E-state index in [1.54, 1.807) is 0 Å². The molecule has 0 aromatic rings. The number of rotatable bonds is 3. The zero-order chi connectivity index (χ0) is 14.1.